The highest BCUT2D eigenvalue weighted by Crippen LogP contribution is 2.24. The summed E-state index contributed by atoms with van der Waals surface area (Å²) in [5.41, 5.74) is 2.53. The first-order valence-electron chi connectivity index (χ1n) is 9.22. The van der Waals surface area contributed by atoms with E-state index in [1.54, 1.807) is 44.2 Å². The van der Waals surface area contributed by atoms with E-state index in [2.05, 4.69) is 5.32 Å². The summed E-state index contributed by atoms with van der Waals surface area (Å²) in [6.07, 6.45) is 0.117. The molecule has 0 aromatic heterocycles. The van der Waals surface area contributed by atoms with Crippen LogP contribution in [0.1, 0.15) is 34.8 Å². The van der Waals surface area contributed by atoms with Crippen molar-refractivity contribution in [1.29, 1.82) is 5.26 Å². The van der Waals surface area contributed by atoms with Crippen LogP contribution in [0.25, 0.3) is 0 Å². The second-order valence-corrected chi connectivity index (χ2v) is 7.05. The molecule has 2 aromatic rings. The SMILES string of the molecule is CC(=O)Nc1c(C)cccc1C(=O)OCC(=O)N(CCC#N)c1ccc(Cl)c(C)c1. The van der Waals surface area contributed by atoms with E-state index in [4.69, 9.17) is 21.6 Å². The van der Waals surface area contributed by atoms with E-state index in [1.165, 1.54) is 17.9 Å². The number of nitrogens with one attached hydrogen (secondary N) is 1. The fraction of sp³-hybridized carbons (Fsp3) is 0.273. The third-order valence-electron chi connectivity index (χ3n) is 4.32. The highest BCUT2D eigenvalue weighted by atomic mass is 35.5. The lowest BCUT2D eigenvalue weighted by Gasteiger charge is -2.22. The molecule has 2 amide bonds. The Morgan fingerprint density at radius 1 is 1.17 bits per heavy atom. The van der Waals surface area contributed by atoms with Gasteiger partial charge < -0.3 is 15.0 Å². The summed E-state index contributed by atoms with van der Waals surface area (Å²) in [6.45, 7) is 4.53. The Labute approximate surface area is 180 Å². The minimum atomic E-state index is -0.733. The van der Waals surface area contributed by atoms with Gasteiger partial charge in [0.2, 0.25) is 5.91 Å². The van der Waals surface area contributed by atoms with Gasteiger partial charge in [-0.3, -0.25) is 9.59 Å². The van der Waals surface area contributed by atoms with Crippen LogP contribution < -0.4 is 10.2 Å². The number of ether oxygens (including phenoxy) is 1. The van der Waals surface area contributed by atoms with Crippen molar-refractivity contribution in [2.75, 3.05) is 23.4 Å². The Morgan fingerprint density at radius 3 is 2.53 bits per heavy atom. The molecule has 2 aromatic carbocycles. The van der Waals surface area contributed by atoms with Crippen molar-refractivity contribution in [2.45, 2.75) is 27.2 Å². The second-order valence-electron chi connectivity index (χ2n) is 6.64. The molecule has 0 atom stereocenters. The second kappa shape index (κ2) is 10.4. The van der Waals surface area contributed by atoms with Crippen molar-refractivity contribution in [3.63, 3.8) is 0 Å². The summed E-state index contributed by atoms with van der Waals surface area (Å²) in [4.78, 5) is 38.1. The number of benzene rings is 2. The standard InChI is InChI=1S/C22H22ClN3O4/c1-14-6-4-7-18(21(14)25-16(3)27)22(29)30-13-20(28)26(11-5-10-24)17-8-9-19(23)15(2)12-17/h4,6-9,12H,5,11,13H2,1-3H3,(H,25,27). The number of hydrogen-bond acceptors (Lipinski definition) is 5. The first-order chi connectivity index (χ1) is 14.2. The molecule has 8 heteroatoms. The fourth-order valence-corrected chi connectivity index (χ4v) is 2.94. The van der Waals surface area contributed by atoms with Gasteiger partial charge >= 0.3 is 5.97 Å². The molecule has 0 aliphatic heterocycles. The van der Waals surface area contributed by atoms with Gasteiger partial charge in [-0.2, -0.15) is 5.26 Å². The van der Waals surface area contributed by atoms with Crippen molar-refractivity contribution in [3.05, 3.63) is 58.1 Å². The molecule has 0 heterocycles. The highest BCUT2D eigenvalue weighted by molar-refractivity contribution is 6.31. The van der Waals surface area contributed by atoms with E-state index in [9.17, 15) is 14.4 Å². The molecule has 30 heavy (non-hydrogen) atoms. The smallest absolute Gasteiger partial charge is 0.340 e. The number of amides is 2. The number of halogens is 1. The first-order valence-corrected chi connectivity index (χ1v) is 9.60. The maximum Gasteiger partial charge on any atom is 0.340 e. The fourth-order valence-electron chi connectivity index (χ4n) is 2.82. The quantitative estimate of drug-likeness (QED) is 0.672. The molecule has 0 spiro atoms. The monoisotopic (exact) mass is 427 g/mol. The Kier molecular flexibility index (Phi) is 7.96. The van der Waals surface area contributed by atoms with E-state index >= 15 is 0 Å². The van der Waals surface area contributed by atoms with Crippen LogP contribution in [0.3, 0.4) is 0 Å². The van der Waals surface area contributed by atoms with E-state index in [0.717, 1.165) is 5.56 Å². The summed E-state index contributed by atoms with van der Waals surface area (Å²) in [6, 6.07) is 12.0. The number of anilines is 2. The maximum absolute atomic E-state index is 12.7. The number of para-hydroxylation sites is 1. The molecule has 0 fully saturated rings. The Bertz CT molecular complexity index is 1010. The molecule has 156 valence electrons. The van der Waals surface area contributed by atoms with Crippen LogP contribution in [0.2, 0.25) is 5.02 Å². The molecule has 7 nitrogen and oxygen atoms in total. The molecule has 0 aliphatic rings. The van der Waals surface area contributed by atoms with Crippen molar-refractivity contribution in [1.82, 2.24) is 0 Å². The van der Waals surface area contributed by atoms with Crippen LogP contribution in [0.15, 0.2) is 36.4 Å². The van der Waals surface area contributed by atoms with Gasteiger partial charge in [-0.05, 0) is 49.2 Å². The minimum Gasteiger partial charge on any atom is -0.452 e. The largest absolute Gasteiger partial charge is 0.452 e. The highest BCUT2D eigenvalue weighted by Gasteiger charge is 2.21. The Morgan fingerprint density at radius 2 is 1.90 bits per heavy atom. The number of nitrogens with zero attached hydrogens (tertiary/aromatic N) is 2. The predicted octanol–water partition coefficient (Wildman–Crippen LogP) is 4.02. The van der Waals surface area contributed by atoms with E-state index in [1.807, 2.05) is 6.07 Å². The Hall–Kier alpha value is -3.37. The predicted molar refractivity (Wildman–Crippen MR) is 115 cm³/mol. The molecule has 2 rings (SSSR count). The van der Waals surface area contributed by atoms with Crippen LogP contribution in [-0.4, -0.2) is 30.9 Å². The van der Waals surface area contributed by atoms with Crippen molar-refractivity contribution in [2.24, 2.45) is 0 Å². The zero-order valence-electron chi connectivity index (χ0n) is 17.0. The van der Waals surface area contributed by atoms with Gasteiger partial charge in [-0.15, -0.1) is 0 Å². The van der Waals surface area contributed by atoms with Gasteiger partial charge in [0.25, 0.3) is 5.91 Å². The van der Waals surface area contributed by atoms with Crippen LogP contribution in [0.4, 0.5) is 11.4 Å². The third kappa shape index (κ3) is 5.82. The summed E-state index contributed by atoms with van der Waals surface area (Å²) in [5.74, 6) is -1.53. The lowest BCUT2D eigenvalue weighted by molar-refractivity contribution is -0.121. The van der Waals surface area contributed by atoms with Crippen LogP contribution in [0, 0.1) is 25.2 Å². The average Bonchev–Trinajstić information content (AvgIpc) is 2.70. The molecule has 0 bridgehead atoms. The van der Waals surface area contributed by atoms with E-state index < -0.39 is 18.5 Å². The van der Waals surface area contributed by atoms with E-state index in [0.29, 0.717) is 22.0 Å². The number of nitriles is 1. The Balaban J connectivity index is 2.18. The number of carbonyl (C=O) groups excluding carboxylic acids is 3. The van der Waals surface area contributed by atoms with Gasteiger partial charge in [0.1, 0.15) is 0 Å². The number of hydrogen-bond donors (Lipinski definition) is 1. The van der Waals surface area contributed by atoms with Crippen LogP contribution in [0.5, 0.6) is 0 Å². The van der Waals surface area contributed by atoms with Gasteiger partial charge in [-0.1, -0.05) is 23.7 Å². The molecule has 0 radical (unpaired) electrons. The van der Waals surface area contributed by atoms with E-state index in [-0.39, 0.29) is 24.4 Å². The summed E-state index contributed by atoms with van der Waals surface area (Å²) in [5, 5.41) is 12.1. The van der Waals surface area contributed by atoms with Gasteiger partial charge in [0.15, 0.2) is 6.61 Å². The maximum atomic E-state index is 12.7. The summed E-state index contributed by atoms with van der Waals surface area (Å²) >= 11 is 6.05. The molecule has 0 saturated heterocycles. The molecule has 1 N–H and O–H groups in total. The normalized spacial score (nSPS) is 10.1. The number of carbonyl (C=O) groups is 3. The van der Waals surface area contributed by atoms with Crippen molar-refractivity contribution in [3.8, 4) is 6.07 Å². The molecule has 0 unspecified atom stereocenters. The molecule has 0 aliphatic carbocycles. The summed E-state index contributed by atoms with van der Waals surface area (Å²) in [7, 11) is 0. The van der Waals surface area contributed by atoms with Crippen LogP contribution >= 0.6 is 11.6 Å². The molecular weight excluding hydrogens is 406 g/mol. The topological polar surface area (TPSA) is 99.5 Å². The summed E-state index contributed by atoms with van der Waals surface area (Å²) < 4.78 is 5.21. The molecular formula is C22H22ClN3O4. The number of rotatable bonds is 7. The minimum absolute atomic E-state index is 0.117. The van der Waals surface area contributed by atoms with Gasteiger partial charge in [-0.25, -0.2) is 4.79 Å². The molecule has 0 saturated carbocycles. The van der Waals surface area contributed by atoms with Crippen molar-refractivity contribution >= 4 is 40.8 Å². The zero-order valence-corrected chi connectivity index (χ0v) is 17.7. The van der Waals surface area contributed by atoms with Gasteiger partial charge in [0, 0.05) is 24.2 Å². The van der Waals surface area contributed by atoms with Crippen molar-refractivity contribution < 1.29 is 19.1 Å². The first kappa shape index (κ1) is 22.9. The number of esters is 1. The number of aryl methyl sites for hydroxylation is 2. The van der Waals surface area contributed by atoms with Gasteiger partial charge in [0.05, 0.1) is 23.7 Å². The lowest BCUT2D eigenvalue weighted by Crippen LogP contribution is -2.35. The zero-order chi connectivity index (χ0) is 22.3. The van der Waals surface area contributed by atoms with Crippen LogP contribution in [-0.2, 0) is 14.3 Å². The average molecular weight is 428 g/mol. The lowest BCUT2D eigenvalue weighted by atomic mass is 10.1. The third-order valence-corrected chi connectivity index (χ3v) is 4.75.